The molecule has 1 aromatic rings. The molecule has 1 aliphatic heterocycles. The van der Waals surface area contributed by atoms with Gasteiger partial charge in [0.2, 0.25) is 0 Å². The van der Waals surface area contributed by atoms with Crippen molar-refractivity contribution in [2.75, 3.05) is 13.1 Å². The second kappa shape index (κ2) is 6.91. The van der Waals surface area contributed by atoms with E-state index in [-0.39, 0.29) is 0 Å². The fraction of sp³-hybridized carbons (Fsp3) is 0.625. The summed E-state index contributed by atoms with van der Waals surface area (Å²) in [5.41, 5.74) is 7.46. The summed E-state index contributed by atoms with van der Waals surface area (Å²) < 4.78 is 0. The Hall–Kier alpha value is -0.860. The van der Waals surface area contributed by atoms with Gasteiger partial charge in [0.1, 0.15) is 0 Å². The molecule has 1 saturated heterocycles. The summed E-state index contributed by atoms with van der Waals surface area (Å²) >= 11 is 0. The standard InChI is InChI=1S/C16H26N2/c1-14-13-16(17)10-12-18(14)11-6-5-9-15-7-3-2-4-8-15/h2-4,7-8,14,16H,5-6,9-13,17H2,1H3. The van der Waals surface area contributed by atoms with Crippen molar-refractivity contribution < 1.29 is 0 Å². The molecule has 18 heavy (non-hydrogen) atoms. The molecule has 2 atom stereocenters. The van der Waals surface area contributed by atoms with E-state index in [1.807, 2.05) is 0 Å². The Labute approximate surface area is 111 Å². The van der Waals surface area contributed by atoms with Crippen LogP contribution in [0, 0.1) is 0 Å². The van der Waals surface area contributed by atoms with Crippen molar-refractivity contribution in [1.82, 2.24) is 4.90 Å². The van der Waals surface area contributed by atoms with Gasteiger partial charge in [-0.15, -0.1) is 0 Å². The van der Waals surface area contributed by atoms with Crippen molar-refractivity contribution in [2.24, 2.45) is 5.73 Å². The maximum Gasteiger partial charge on any atom is 0.00816 e. The lowest BCUT2D eigenvalue weighted by Crippen LogP contribution is -2.45. The SMILES string of the molecule is CC1CC(N)CCN1CCCCc1ccccc1. The highest BCUT2D eigenvalue weighted by Crippen LogP contribution is 2.16. The minimum atomic E-state index is 0.431. The molecule has 0 aliphatic carbocycles. The van der Waals surface area contributed by atoms with Gasteiger partial charge in [-0.2, -0.15) is 0 Å². The first-order valence-electron chi connectivity index (χ1n) is 7.29. The molecule has 2 unspecified atom stereocenters. The molecule has 0 radical (unpaired) electrons. The largest absolute Gasteiger partial charge is 0.328 e. The second-order valence-corrected chi connectivity index (χ2v) is 5.61. The quantitative estimate of drug-likeness (QED) is 0.810. The van der Waals surface area contributed by atoms with Gasteiger partial charge in [0.25, 0.3) is 0 Å². The van der Waals surface area contributed by atoms with Gasteiger partial charge >= 0.3 is 0 Å². The van der Waals surface area contributed by atoms with E-state index in [0.717, 1.165) is 0 Å². The molecule has 0 amide bonds. The van der Waals surface area contributed by atoms with Gasteiger partial charge in [0.15, 0.2) is 0 Å². The fourth-order valence-corrected chi connectivity index (χ4v) is 2.88. The smallest absolute Gasteiger partial charge is 0.00816 e. The molecule has 2 rings (SSSR count). The lowest BCUT2D eigenvalue weighted by molar-refractivity contribution is 0.145. The molecule has 1 aliphatic rings. The third kappa shape index (κ3) is 4.11. The van der Waals surface area contributed by atoms with Crippen LogP contribution in [-0.2, 0) is 6.42 Å². The lowest BCUT2D eigenvalue weighted by Gasteiger charge is -2.36. The number of likely N-dealkylation sites (tertiary alicyclic amines) is 1. The summed E-state index contributed by atoms with van der Waals surface area (Å²) in [6, 6.07) is 11.9. The topological polar surface area (TPSA) is 29.3 Å². The van der Waals surface area contributed by atoms with Gasteiger partial charge in [-0.05, 0) is 57.7 Å². The number of nitrogens with zero attached hydrogens (tertiary/aromatic N) is 1. The molecule has 0 aromatic heterocycles. The Bertz CT molecular complexity index is 336. The van der Waals surface area contributed by atoms with Crippen molar-refractivity contribution in [3.05, 3.63) is 35.9 Å². The molecular weight excluding hydrogens is 220 g/mol. The molecular formula is C16H26N2. The van der Waals surface area contributed by atoms with Crippen LogP contribution in [0.15, 0.2) is 30.3 Å². The third-order valence-corrected chi connectivity index (χ3v) is 4.06. The molecule has 2 N–H and O–H groups in total. The minimum Gasteiger partial charge on any atom is -0.328 e. The predicted octanol–water partition coefficient (Wildman–Crippen LogP) is 2.82. The van der Waals surface area contributed by atoms with Crippen LogP contribution < -0.4 is 5.73 Å². The van der Waals surface area contributed by atoms with Crippen LogP contribution in [0.25, 0.3) is 0 Å². The Balaban J connectivity index is 1.64. The van der Waals surface area contributed by atoms with Gasteiger partial charge < -0.3 is 10.6 Å². The van der Waals surface area contributed by atoms with E-state index in [1.54, 1.807) is 0 Å². The van der Waals surface area contributed by atoms with Crippen molar-refractivity contribution in [3.8, 4) is 0 Å². The average Bonchev–Trinajstić information content (AvgIpc) is 2.38. The Morgan fingerprint density at radius 3 is 2.72 bits per heavy atom. The molecule has 1 fully saturated rings. The van der Waals surface area contributed by atoms with E-state index in [9.17, 15) is 0 Å². The van der Waals surface area contributed by atoms with Crippen LogP contribution in [0.5, 0.6) is 0 Å². The van der Waals surface area contributed by atoms with Gasteiger partial charge in [-0.1, -0.05) is 30.3 Å². The Morgan fingerprint density at radius 2 is 2.00 bits per heavy atom. The van der Waals surface area contributed by atoms with E-state index in [2.05, 4.69) is 42.2 Å². The van der Waals surface area contributed by atoms with E-state index >= 15 is 0 Å². The van der Waals surface area contributed by atoms with Crippen molar-refractivity contribution >= 4 is 0 Å². The van der Waals surface area contributed by atoms with Crippen LogP contribution in [-0.4, -0.2) is 30.1 Å². The number of nitrogens with two attached hydrogens (primary N) is 1. The number of piperidine rings is 1. The van der Waals surface area contributed by atoms with Crippen LogP contribution in [0.1, 0.15) is 38.2 Å². The zero-order chi connectivity index (χ0) is 12.8. The zero-order valence-corrected chi connectivity index (χ0v) is 11.5. The molecule has 2 nitrogen and oxygen atoms in total. The summed E-state index contributed by atoms with van der Waals surface area (Å²) in [7, 11) is 0. The summed E-state index contributed by atoms with van der Waals surface area (Å²) in [5.74, 6) is 0. The van der Waals surface area contributed by atoms with Gasteiger partial charge in [0.05, 0.1) is 0 Å². The molecule has 1 aromatic carbocycles. The normalized spacial score (nSPS) is 25.2. The molecule has 0 bridgehead atoms. The van der Waals surface area contributed by atoms with Crippen LogP contribution in [0.3, 0.4) is 0 Å². The average molecular weight is 246 g/mol. The number of aryl methyl sites for hydroxylation is 1. The van der Waals surface area contributed by atoms with E-state index in [0.29, 0.717) is 12.1 Å². The lowest BCUT2D eigenvalue weighted by atomic mass is 9.98. The first-order valence-corrected chi connectivity index (χ1v) is 7.29. The summed E-state index contributed by atoms with van der Waals surface area (Å²) in [6.07, 6.45) is 6.14. The maximum absolute atomic E-state index is 5.99. The molecule has 100 valence electrons. The fourth-order valence-electron chi connectivity index (χ4n) is 2.88. The number of benzene rings is 1. The van der Waals surface area contributed by atoms with E-state index in [1.165, 1.54) is 50.8 Å². The number of hydrogen-bond donors (Lipinski definition) is 1. The highest BCUT2D eigenvalue weighted by Gasteiger charge is 2.22. The molecule has 0 spiro atoms. The zero-order valence-electron chi connectivity index (χ0n) is 11.5. The molecule has 1 heterocycles. The Morgan fingerprint density at radius 1 is 1.22 bits per heavy atom. The predicted molar refractivity (Wildman–Crippen MR) is 77.6 cm³/mol. The van der Waals surface area contributed by atoms with Crippen molar-refractivity contribution in [2.45, 2.75) is 51.1 Å². The third-order valence-electron chi connectivity index (χ3n) is 4.06. The second-order valence-electron chi connectivity index (χ2n) is 5.61. The summed E-state index contributed by atoms with van der Waals surface area (Å²) in [6.45, 7) is 4.74. The highest BCUT2D eigenvalue weighted by atomic mass is 15.2. The summed E-state index contributed by atoms with van der Waals surface area (Å²) in [5, 5.41) is 0. The van der Waals surface area contributed by atoms with Gasteiger partial charge in [-0.25, -0.2) is 0 Å². The van der Waals surface area contributed by atoms with Crippen LogP contribution in [0.4, 0.5) is 0 Å². The van der Waals surface area contributed by atoms with Crippen LogP contribution >= 0.6 is 0 Å². The van der Waals surface area contributed by atoms with Crippen molar-refractivity contribution in [1.29, 1.82) is 0 Å². The maximum atomic E-state index is 5.99. The van der Waals surface area contributed by atoms with Gasteiger partial charge in [-0.3, -0.25) is 0 Å². The first-order chi connectivity index (χ1) is 8.75. The van der Waals surface area contributed by atoms with Crippen molar-refractivity contribution in [3.63, 3.8) is 0 Å². The van der Waals surface area contributed by atoms with E-state index < -0.39 is 0 Å². The van der Waals surface area contributed by atoms with Gasteiger partial charge in [0, 0.05) is 12.1 Å². The molecule has 0 saturated carbocycles. The Kier molecular flexibility index (Phi) is 5.21. The molecule has 2 heteroatoms. The first kappa shape index (κ1) is 13.6. The van der Waals surface area contributed by atoms with Crippen LogP contribution in [0.2, 0.25) is 0 Å². The summed E-state index contributed by atoms with van der Waals surface area (Å²) in [4.78, 5) is 2.61. The van der Waals surface area contributed by atoms with E-state index in [4.69, 9.17) is 5.73 Å². The number of hydrogen-bond acceptors (Lipinski definition) is 2. The number of unbranched alkanes of at least 4 members (excludes halogenated alkanes) is 1. The monoisotopic (exact) mass is 246 g/mol. The highest BCUT2D eigenvalue weighted by molar-refractivity contribution is 5.14. The minimum absolute atomic E-state index is 0.431. The number of rotatable bonds is 5.